The van der Waals surface area contributed by atoms with E-state index in [0.717, 1.165) is 54.1 Å². The zero-order chi connectivity index (χ0) is 20.7. The topological polar surface area (TPSA) is 87.5 Å². The molecule has 1 amide bonds. The monoisotopic (exact) mass is 405 g/mol. The van der Waals surface area contributed by atoms with Crippen LogP contribution in [-0.2, 0) is 0 Å². The fraction of sp³-hybridized carbons (Fsp3) is 0.455. The number of carbonyl (C=O) groups excluding carboxylic acids is 1. The van der Waals surface area contributed by atoms with Crippen LogP contribution in [-0.4, -0.2) is 51.2 Å². The molecule has 2 N–H and O–H groups in total. The van der Waals surface area contributed by atoms with Gasteiger partial charge in [-0.3, -0.25) is 4.79 Å². The normalized spacial score (nSPS) is 18.9. The Morgan fingerprint density at radius 1 is 1.13 bits per heavy atom. The maximum atomic E-state index is 12.6. The van der Waals surface area contributed by atoms with Gasteiger partial charge in [0.1, 0.15) is 11.5 Å². The van der Waals surface area contributed by atoms with Crippen molar-refractivity contribution in [2.75, 3.05) is 29.9 Å². The minimum atomic E-state index is -0.262. The molecule has 0 unspecified atom stereocenters. The second-order valence-electron chi connectivity index (χ2n) is 8.50. The summed E-state index contributed by atoms with van der Waals surface area (Å²) in [6.07, 6.45) is 7.08. The van der Waals surface area contributed by atoms with E-state index in [2.05, 4.69) is 30.6 Å². The molecule has 3 aromatic heterocycles. The Hall–Kier alpha value is -3.00. The Bertz CT molecular complexity index is 1070. The van der Waals surface area contributed by atoms with Crippen LogP contribution in [0.1, 0.15) is 41.1 Å². The van der Waals surface area contributed by atoms with Gasteiger partial charge in [0.05, 0.1) is 23.6 Å². The van der Waals surface area contributed by atoms with Crippen molar-refractivity contribution in [1.82, 2.24) is 24.9 Å². The molecule has 0 radical (unpaired) electrons. The molecule has 1 aliphatic carbocycles. The molecule has 8 heteroatoms. The highest BCUT2D eigenvalue weighted by Gasteiger charge is 2.27. The van der Waals surface area contributed by atoms with Crippen molar-refractivity contribution in [2.24, 2.45) is 5.92 Å². The van der Waals surface area contributed by atoms with E-state index in [-0.39, 0.29) is 5.91 Å². The number of aryl methyl sites for hydroxylation is 2. The van der Waals surface area contributed by atoms with Crippen molar-refractivity contribution in [2.45, 2.75) is 39.2 Å². The molecule has 5 rings (SSSR count). The first-order chi connectivity index (χ1) is 14.5. The highest BCUT2D eigenvalue weighted by molar-refractivity contribution is 6.03. The zero-order valence-corrected chi connectivity index (χ0v) is 17.4. The lowest BCUT2D eigenvalue weighted by atomic mass is 10.1. The lowest BCUT2D eigenvalue weighted by Gasteiger charge is -2.17. The third-order valence-corrected chi connectivity index (χ3v) is 5.87. The molecular weight excluding hydrogens is 378 g/mol. The maximum Gasteiger partial charge on any atom is 0.275 e. The molecule has 0 aromatic carbocycles. The average molecular weight is 406 g/mol. The van der Waals surface area contributed by atoms with Crippen molar-refractivity contribution >= 4 is 22.9 Å². The third kappa shape index (κ3) is 4.00. The average Bonchev–Trinajstić information content (AvgIpc) is 3.30. The molecule has 1 atom stereocenters. The van der Waals surface area contributed by atoms with Gasteiger partial charge < -0.3 is 15.5 Å². The van der Waals surface area contributed by atoms with Crippen LogP contribution < -0.4 is 15.5 Å². The van der Waals surface area contributed by atoms with E-state index in [1.165, 1.54) is 19.3 Å². The Morgan fingerprint density at radius 2 is 2.00 bits per heavy atom. The number of amides is 1. The summed E-state index contributed by atoms with van der Waals surface area (Å²) in [5, 5.41) is 11.0. The minimum Gasteiger partial charge on any atom is -0.355 e. The molecule has 0 bridgehead atoms. The van der Waals surface area contributed by atoms with Gasteiger partial charge in [-0.15, -0.1) is 0 Å². The number of hydrogen-bond donors (Lipinski definition) is 2. The number of anilines is 2. The van der Waals surface area contributed by atoms with Gasteiger partial charge in [0, 0.05) is 30.5 Å². The quantitative estimate of drug-likeness (QED) is 0.655. The van der Waals surface area contributed by atoms with Crippen LogP contribution in [0.2, 0.25) is 0 Å². The number of nitrogens with zero attached hydrogens (tertiary/aromatic N) is 5. The van der Waals surface area contributed by atoms with Gasteiger partial charge in [0.2, 0.25) is 0 Å². The minimum absolute atomic E-state index is 0.262. The molecule has 1 saturated carbocycles. The van der Waals surface area contributed by atoms with E-state index >= 15 is 0 Å². The standard InChI is InChI=1S/C22H27N7O/c1-14-7-19-9-18(8-15(2)29(19)27-14)26-22(30)20-11-25-21(12-24-20)28-6-5-16(13-28)10-23-17-3-4-17/h7-9,11-12,16-17,23H,3-6,10,13H2,1-2H3,(H,26,30)/t16-/m0/s1. The maximum absolute atomic E-state index is 12.6. The van der Waals surface area contributed by atoms with Crippen molar-refractivity contribution < 1.29 is 4.79 Å². The zero-order valence-electron chi connectivity index (χ0n) is 17.4. The van der Waals surface area contributed by atoms with Gasteiger partial charge >= 0.3 is 0 Å². The Kier molecular flexibility index (Phi) is 4.86. The summed E-state index contributed by atoms with van der Waals surface area (Å²) < 4.78 is 1.86. The van der Waals surface area contributed by atoms with Gasteiger partial charge in [0.25, 0.3) is 5.91 Å². The van der Waals surface area contributed by atoms with Crippen molar-refractivity contribution in [3.63, 3.8) is 0 Å². The van der Waals surface area contributed by atoms with Crippen molar-refractivity contribution in [1.29, 1.82) is 0 Å². The summed E-state index contributed by atoms with van der Waals surface area (Å²) in [6.45, 7) is 6.97. The van der Waals surface area contributed by atoms with E-state index in [9.17, 15) is 4.79 Å². The van der Waals surface area contributed by atoms with Crippen molar-refractivity contribution in [3.05, 3.63) is 47.7 Å². The fourth-order valence-corrected chi connectivity index (χ4v) is 4.09. The first-order valence-electron chi connectivity index (χ1n) is 10.6. The van der Waals surface area contributed by atoms with Gasteiger partial charge in [-0.2, -0.15) is 5.10 Å². The van der Waals surface area contributed by atoms with Crippen LogP contribution in [0, 0.1) is 19.8 Å². The van der Waals surface area contributed by atoms with Crippen LogP contribution in [0.4, 0.5) is 11.5 Å². The predicted octanol–water partition coefficient (Wildman–Crippen LogP) is 2.57. The summed E-state index contributed by atoms with van der Waals surface area (Å²) in [4.78, 5) is 23.8. The smallest absolute Gasteiger partial charge is 0.275 e. The molecule has 1 aliphatic heterocycles. The lowest BCUT2D eigenvalue weighted by Crippen LogP contribution is -2.28. The Labute approximate surface area is 175 Å². The molecule has 4 heterocycles. The van der Waals surface area contributed by atoms with Gasteiger partial charge in [0.15, 0.2) is 0 Å². The number of pyridine rings is 1. The summed E-state index contributed by atoms with van der Waals surface area (Å²) in [7, 11) is 0. The van der Waals surface area contributed by atoms with Gasteiger partial charge in [-0.25, -0.2) is 14.5 Å². The first kappa shape index (κ1) is 19.0. The van der Waals surface area contributed by atoms with Gasteiger partial charge in [-0.1, -0.05) is 0 Å². The molecule has 3 aromatic rings. The number of nitrogens with one attached hydrogen (secondary N) is 2. The summed E-state index contributed by atoms with van der Waals surface area (Å²) >= 11 is 0. The molecule has 30 heavy (non-hydrogen) atoms. The summed E-state index contributed by atoms with van der Waals surface area (Å²) in [5.41, 5.74) is 3.88. The van der Waals surface area contributed by atoms with E-state index < -0.39 is 0 Å². The van der Waals surface area contributed by atoms with E-state index in [1.54, 1.807) is 12.4 Å². The third-order valence-electron chi connectivity index (χ3n) is 5.87. The molecule has 1 saturated heterocycles. The van der Waals surface area contributed by atoms with E-state index in [0.29, 0.717) is 11.6 Å². The lowest BCUT2D eigenvalue weighted by molar-refractivity contribution is 0.102. The van der Waals surface area contributed by atoms with Crippen LogP contribution in [0.15, 0.2) is 30.6 Å². The number of rotatable bonds is 6. The Morgan fingerprint density at radius 3 is 2.77 bits per heavy atom. The second-order valence-corrected chi connectivity index (χ2v) is 8.50. The molecule has 2 aliphatic rings. The van der Waals surface area contributed by atoms with Crippen LogP contribution in [0.3, 0.4) is 0 Å². The summed E-state index contributed by atoms with van der Waals surface area (Å²) in [6, 6.07) is 6.55. The number of aromatic nitrogens is 4. The van der Waals surface area contributed by atoms with E-state index in [4.69, 9.17) is 0 Å². The molecule has 8 nitrogen and oxygen atoms in total. The number of carbonyl (C=O) groups is 1. The fourth-order valence-electron chi connectivity index (χ4n) is 4.09. The SMILES string of the molecule is Cc1cc2cc(NC(=O)c3cnc(N4CC[C@@H](CNC5CC5)C4)cn3)cc(C)n2n1. The predicted molar refractivity (Wildman–Crippen MR) is 116 cm³/mol. The Balaban J connectivity index is 1.22. The number of hydrogen-bond acceptors (Lipinski definition) is 6. The number of fused-ring (bicyclic) bond motifs is 1. The van der Waals surface area contributed by atoms with Gasteiger partial charge in [-0.05, 0) is 63.8 Å². The van der Waals surface area contributed by atoms with Crippen LogP contribution in [0.25, 0.3) is 5.52 Å². The highest BCUT2D eigenvalue weighted by Crippen LogP contribution is 2.24. The van der Waals surface area contributed by atoms with Crippen molar-refractivity contribution in [3.8, 4) is 0 Å². The molecular formula is C22H27N7O. The molecule has 0 spiro atoms. The molecule has 2 fully saturated rings. The molecule has 156 valence electrons. The highest BCUT2D eigenvalue weighted by atomic mass is 16.1. The summed E-state index contributed by atoms with van der Waals surface area (Å²) in [5.74, 6) is 1.23. The first-order valence-corrected chi connectivity index (χ1v) is 10.6. The van der Waals surface area contributed by atoms with Crippen LogP contribution >= 0.6 is 0 Å². The van der Waals surface area contributed by atoms with Crippen LogP contribution in [0.5, 0.6) is 0 Å². The second kappa shape index (κ2) is 7.68. The largest absolute Gasteiger partial charge is 0.355 e. The van der Waals surface area contributed by atoms with E-state index in [1.807, 2.05) is 36.6 Å².